The number of furan rings is 1. The molecule has 284 valence electrons. The third-order valence-electron chi connectivity index (χ3n) is 12.8. The summed E-state index contributed by atoms with van der Waals surface area (Å²) in [5, 5.41) is 4.61. The van der Waals surface area contributed by atoms with Crippen LogP contribution < -0.4 is 4.90 Å². The van der Waals surface area contributed by atoms with E-state index in [-0.39, 0.29) is 5.41 Å². The lowest BCUT2D eigenvalue weighted by molar-refractivity contribution is 0.660. The van der Waals surface area contributed by atoms with E-state index in [4.69, 9.17) is 4.42 Å². The molecule has 0 unspecified atom stereocenters. The molecule has 0 saturated carbocycles. The fraction of sp³-hybridized carbons (Fsp3) is 0.0526. The largest absolute Gasteiger partial charge is 0.455 e. The second-order valence-corrected chi connectivity index (χ2v) is 16.4. The van der Waals surface area contributed by atoms with Crippen LogP contribution in [-0.2, 0) is 5.41 Å². The van der Waals surface area contributed by atoms with Crippen LogP contribution in [0.3, 0.4) is 0 Å². The molecule has 0 fully saturated rings. The van der Waals surface area contributed by atoms with Gasteiger partial charge in [0, 0.05) is 49.3 Å². The van der Waals surface area contributed by atoms with Crippen molar-refractivity contribution in [2.24, 2.45) is 0 Å². The van der Waals surface area contributed by atoms with Gasteiger partial charge in [0.25, 0.3) is 0 Å². The Balaban J connectivity index is 1.19. The molecule has 1 aliphatic rings. The molecule has 2 aromatic heterocycles. The molecule has 3 heteroatoms. The van der Waals surface area contributed by atoms with Crippen molar-refractivity contribution in [3.63, 3.8) is 0 Å². The minimum Gasteiger partial charge on any atom is -0.455 e. The number of aromatic nitrogens is 1. The van der Waals surface area contributed by atoms with Gasteiger partial charge in [0.1, 0.15) is 11.2 Å². The molecule has 0 saturated heterocycles. The predicted octanol–water partition coefficient (Wildman–Crippen LogP) is 15.8. The Morgan fingerprint density at radius 3 is 1.75 bits per heavy atom. The van der Waals surface area contributed by atoms with Crippen LogP contribution >= 0.6 is 0 Å². The SMILES string of the molecule is CC1(C)c2ccccc2-c2c(-c3ccccc3N(c3ccccc3-c3cccc4c3oc3ccccc34)c3cccc4c3c3ccccc3n4-c3ccccc3)cccc21. The van der Waals surface area contributed by atoms with Gasteiger partial charge in [-0.2, -0.15) is 0 Å². The quantitative estimate of drug-likeness (QED) is 0.168. The van der Waals surface area contributed by atoms with Crippen molar-refractivity contribution in [3.8, 4) is 39.1 Å². The standard InChI is InChI=1S/C57H40N2O/c1-57(2)46-29-11-6-24-44(46)54-41(26-17-30-47(54)57)38-21-7-12-31-48(38)59(49-32-13-8-22-39(49)42-27-16-28-43-40-23-10-15-36-53(40)60-56(42)43)52-35-18-34-51-55(52)45-25-9-14-33-50(45)58(51)37-19-4-3-5-20-37/h3-36H,1-2H3. The topological polar surface area (TPSA) is 21.3 Å². The van der Waals surface area contributed by atoms with Crippen LogP contribution in [0, 0.1) is 0 Å². The summed E-state index contributed by atoms with van der Waals surface area (Å²) in [6.45, 7) is 4.72. The lowest BCUT2D eigenvalue weighted by Crippen LogP contribution is -2.15. The number of para-hydroxylation sites is 6. The molecule has 12 rings (SSSR count). The van der Waals surface area contributed by atoms with Gasteiger partial charge in [0.15, 0.2) is 0 Å². The van der Waals surface area contributed by atoms with E-state index in [9.17, 15) is 0 Å². The summed E-state index contributed by atoms with van der Waals surface area (Å²) in [6, 6.07) is 74.9. The first-order chi connectivity index (χ1) is 29.6. The van der Waals surface area contributed by atoms with Crippen LogP contribution in [0.2, 0.25) is 0 Å². The van der Waals surface area contributed by atoms with Gasteiger partial charge in [-0.3, -0.25) is 0 Å². The summed E-state index contributed by atoms with van der Waals surface area (Å²) in [5.74, 6) is 0. The van der Waals surface area contributed by atoms with Gasteiger partial charge in [-0.25, -0.2) is 0 Å². The van der Waals surface area contributed by atoms with E-state index in [1.54, 1.807) is 0 Å². The van der Waals surface area contributed by atoms with E-state index in [1.807, 2.05) is 6.07 Å². The summed E-state index contributed by atoms with van der Waals surface area (Å²) < 4.78 is 9.14. The first-order valence-electron chi connectivity index (χ1n) is 20.8. The Kier molecular flexibility index (Phi) is 7.58. The third-order valence-corrected chi connectivity index (χ3v) is 12.8. The van der Waals surface area contributed by atoms with Crippen LogP contribution in [0.15, 0.2) is 211 Å². The second-order valence-electron chi connectivity index (χ2n) is 16.4. The van der Waals surface area contributed by atoms with Gasteiger partial charge in [-0.15, -0.1) is 0 Å². The van der Waals surface area contributed by atoms with Crippen molar-refractivity contribution >= 4 is 60.8 Å². The zero-order valence-electron chi connectivity index (χ0n) is 33.4. The maximum absolute atomic E-state index is 6.74. The second kappa shape index (κ2) is 13.2. The highest BCUT2D eigenvalue weighted by Crippen LogP contribution is 2.55. The fourth-order valence-electron chi connectivity index (χ4n) is 10.2. The maximum atomic E-state index is 6.74. The molecule has 60 heavy (non-hydrogen) atoms. The van der Waals surface area contributed by atoms with E-state index in [0.29, 0.717) is 0 Å². The van der Waals surface area contributed by atoms with E-state index in [0.717, 1.165) is 61.3 Å². The number of nitrogens with zero attached hydrogens (tertiary/aromatic N) is 2. The lowest BCUT2D eigenvalue weighted by Gasteiger charge is -2.31. The molecule has 0 atom stereocenters. The smallest absolute Gasteiger partial charge is 0.143 e. The van der Waals surface area contributed by atoms with E-state index in [2.05, 4.69) is 224 Å². The van der Waals surface area contributed by atoms with Crippen molar-refractivity contribution in [3.05, 3.63) is 217 Å². The van der Waals surface area contributed by atoms with E-state index >= 15 is 0 Å². The molecule has 11 aromatic rings. The van der Waals surface area contributed by atoms with Crippen LogP contribution in [0.1, 0.15) is 25.0 Å². The minimum absolute atomic E-state index is 0.126. The Labute approximate surface area is 349 Å². The molecular weight excluding hydrogens is 729 g/mol. The van der Waals surface area contributed by atoms with Crippen molar-refractivity contribution in [2.45, 2.75) is 19.3 Å². The molecule has 1 aliphatic carbocycles. The molecule has 0 radical (unpaired) electrons. The average Bonchev–Trinajstić information content (AvgIpc) is 3.93. The number of fused-ring (bicyclic) bond motifs is 9. The van der Waals surface area contributed by atoms with E-state index in [1.165, 1.54) is 49.7 Å². The Morgan fingerprint density at radius 2 is 0.933 bits per heavy atom. The normalized spacial score (nSPS) is 13.0. The summed E-state index contributed by atoms with van der Waals surface area (Å²) in [4.78, 5) is 2.52. The highest BCUT2D eigenvalue weighted by Gasteiger charge is 2.37. The van der Waals surface area contributed by atoms with Crippen LogP contribution in [0.5, 0.6) is 0 Å². The van der Waals surface area contributed by atoms with Crippen molar-refractivity contribution < 1.29 is 4.42 Å². The molecular formula is C57H40N2O. The zero-order valence-corrected chi connectivity index (χ0v) is 33.4. The Morgan fingerprint density at radius 1 is 0.400 bits per heavy atom. The van der Waals surface area contributed by atoms with Gasteiger partial charge < -0.3 is 13.9 Å². The Bertz CT molecular complexity index is 3480. The first-order valence-corrected chi connectivity index (χ1v) is 20.8. The molecule has 0 amide bonds. The summed E-state index contributed by atoms with van der Waals surface area (Å²) in [6.07, 6.45) is 0. The van der Waals surface area contributed by atoms with Gasteiger partial charge in [-0.05, 0) is 76.3 Å². The maximum Gasteiger partial charge on any atom is 0.143 e. The minimum atomic E-state index is -0.126. The average molecular weight is 769 g/mol. The van der Waals surface area contributed by atoms with Crippen molar-refractivity contribution in [2.75, 3.05) is 4.90 Å². The third kappa shape index (κ3) is 4.96. The van der Waals surface area contributed by atoms with Crippen LogP contribution in [0.25, 0.3) is 82.8 Å². The van der Waals surface area contributed by atoms with Gasteiger partial charge >= 0.3 is 0 Å². The molecule has 0 aliphatic heterocycles. The number of hydrogen-bond acceptors (Lipinski definition) is 2. The Hall–Kier alpha value is -7.62. The summed E-state index contributed by atoms with van der Waals surface area (Å²) in [7, 11) is 0. The summed E-state index contributed by atoms with van der Waals surface area (Å²) >= 11 is 0. The van der Waals surface area contributed by atoms with Crippen molar-refractivity contribution in [1.29, 1.82) is 0 Å². The lowest BCUT2D eigenvalue weighted by atomic mass is 9.82. The van der Waals surface area contributed by atoms with Crippen LogP contribution in [-0.4, -0.2) is 4.57 Å². The van der Waals surface area contributed by atoms with Gasteiger partial charge in [0.2, 0.25) is 0 Å². The number of anilines is 3. The fourth-order valence-corrected chi connectivity index (χ4v) is 10.2. The molecule has 3 nitrogen and oxygen atoms in total. The van der Waals surface area contributed by atoms with E-state index < -0.39 is 0 Å². The highest BCUT2D eigenvalue weighted by atomic mass is 16.3. The molecule has 0 spiro atoms. The number of hydrogen-bond donors (Lipinski definition) is 0. The van der Waals surface area contributed by atoms with Crippen LogP contribution in [0.4, 0.5) is 17.1 Å². The zero-order chi connectivity index (χ0) is 40.0. The number of rotatable bonds is 6. The molecule has 2 heterocycles. The molecule has 9 aromatic carbocycles. The van der Waals surface area contributed by atoms with Gasteiger partial charge in [-0.1, -0.05) is 172 Å². The van der Waals surface area contributed by atoms with Gasteiger partial charge in [0.05, 0.1) is 28.1 Å². The molecule has 0 N–H and O–H groups in total. The van der Waals surface area contributed by atoms with Crippen molar-refractivity contribution in [1.82, 2.24) is 4.57 Å². The monoisotopic (exact) mass is 768 g/mol. The summed E-state index contributed by atoms with van der Waals surface area (Å²) in [5.41, 5.74) is 18.2. The first kappa shape index (κ1) is 34.4. The number of benzene rings is 9. The molecule has 0 bridgehead atoms. The highest BCUT2D eigenvalue weighted by molar-refractivity contribution is 6.18. The predicted molar refractivity (Wildman–Crippen MR) is 251 cm³/mol.